The minimum atomic E-state index is -2.12. The maximum absolute atomic E-state index is 14.3. The van der Waals surface area contributed by atoms with Crippen LogP contribution in [0.1, 0.15) is 6.42 Å². The molecule has 13 N–H and O–H groups in total. The van der Waals surface area contributed by atoms with Crippen molar-refractivity contribution < 1.29 is 114 Å². The molecule has 15 atom stereocenters. The summed E-state index contributed by atoms with van der Waals surface area (Å²) in [5, 5.41) is 133. The fraction of sp³-hybridized carbons (Fsp3) is 0.528. The molecule has 0 radical (unpaired) electrons. The van der Waals surface area contributed by atoms with Crippen molar-refractivity contribution in [2.24, 2.45) is 0 Å². The molecule has 0 unspecified atom stereocenters. The Hall–Kier alpha value is -4.77. The summed E-state index contributed by atoms with van der Waals surface area (Å²) in [7, 11) is 0. The van der Waals surface area contributed by atoms with Gasteiger partial charge in [0.05, 0.1) is 13.2 Å². The SMILES string of the molecule is O=C(O)CC(=O)OC[C@H]1O[C@@H](O[C@H]2[C@H](Oc3c(-c4ccc(O)cc4)oc4cc(O[C@@H]5O[C@H](CO)[C@@H](O)[C@H](O)[C@H]5O)cc(O)c4c3=O)O[C@H](CO)[C@@H](O)[C@@H]2O)[C@H](O)[C@@H](O)[C@@H]1O. The van der Waals surface area contributed by atoms with Gasteiger partial charge >= 0.3 is 11.9 Å². The number of phenols is 2. The molecule has 3 aromatic rings. The summed E-state index contributed by atoms with van der Waals surface area (Å²) in [6.07, 6.45) is -29.2. The van der Waals surface area contributed by atoms with E-state index in [0.29, 0.717) is 0 Å². The highest BCUT2D eigenvalue weighted by molar-refractivity contribution is 5.90. The van der Waals surface area contributed by atoms with Crippen LogP contribution in [0.3, 0.4) is 0 Å². The zero-order chi connectivity index (χ0) is 43.7. The molecule has 4 heterocycles. The number of aliphatic carboxylic acids is 1. The third kappa shape index (κ3) is 9.11. The zero-order valence-electron chi connectivity index (χ0n) is 30.8. The number of aliphatic hydroxyl groups is 10. The molecule has 0 saturated carbocycles. The highest BCUT2D eigenvalue weighted by Gasteiger charge is 2.52. The van der Waals surface area contributed by atoms with Crippen molar-refractivity contribution in [1.82, 2.24) is 0 Å². The van der Waals surface area contributed by atoms with E-state index in [1.54, 1.807) is 0 Å². The molecule has 0 spiro atoms. The van der Waals surface area contributed by atoms with E-state index in [0.717, 1.165) is 12.1 Å². The third-order valence-corrected chi connectivity index (χ3v) is 9.86. The Morgan fingerprint density at radius 1 is 0.667 bits per heavy atom. The van der Waals surface area contributed by atoms with Gasteiger partial charge in [-0.15, -0.1) is 0 Å². The minimum Gasteiger partial charge on any atom is -0.508 e. The van der Waals surface area contributed by atoms with Gasteiger partial charge in [0.15, 0.2) is 18.2 Å². The first-order valence-corrected chi connectivity index (χ1v) is 18.1. The molecule has 0 amide bonds. The van der Waals surface area contributed by atoms with Crippen LogP contribution in [-0.4, -0.2) is 190 Å². The smallest absolute Gasteiger partial charge is 0.317 e. The van der Waals surface area contributed by atoms with Gasteiger partial charge in [-0.2, -0.15) is 0 Å². The van der Waals surface area contributed by atoms with Crippen molar-refractivity contribution in [3.8, 4) is 34.3 Å². The van der Waals surface area contributed by atoms with Crippen LogP contribution in [0, 0.1) is 0 Å². The van der Waals surface area contributed by atoms with Crippen LogP contribution >= 0.6 is 0 Å². The average Bonchev–Trinajstić information content (AvgIpc) is 3.20. The molecule has 0 aliphatic carbocycles. The number of benzene rings is 2. The molecule has 0 bridgehead atoms. The van der Waals surface area contributed by atoms with Gasteiger partial charge in [-0.05, 0) is 24.3 Å². The normalized spacial score (nSPS) is 34.5. The number of esters is 1. The van der Waals surface area contributed by atoms with Crippen molar-refractivity contribution in [3.63, 3.8) is 0 Å². The maximum Gasteiger partial charge on any atom is 0.317 e. The number of aromatic hydroxyl groups is 2. The van der Waals surface area contributed by atoms with E-state index < -0.39 is 164 Å². The third-order valence-electron chi connectivity index (χ3n) is 9.86. The number of carbonyl (C=O) groups excluding carboxylic acids is 1. The van der Waals surface area contributed by atoms with E-state index >= 15 is 0 Å². The molecule has 60 heavy (non-hydrogen) atoms. The number of rotatable bonds is 13. The molecular weight excluding hydrogens is 816 g/mol. The van der Waals surface area contributed by atoms with Crippen LogP contribution in [0.5, 0.6) is 23.0 Å². The number of hydrogen-bond acceptors (Lipinski definition) is 23. The summed E-state index contributed by atoms with van der Waals surface area (Å²) >= 11 is 0. The van der Waals surface area contributed by atoms with Gasteiger partial charge in [0.25, 0.3) is 0 Å². The fourth-order valence-electron chi connectivity index (χ4n) is 6.62. The first kappa shape index (κ1) is 44.8. The van der Waals surface area contributed by atoms with Crippen LogP contribution in [0.4, 0.5) is 0 Å². The van der Waals surface area contributed by atoms with Gasteiger partial charge in [0.1, 0.15) is 108 Å². The molecule has 3 aliphatic heterocycles. The van der Waals surface area contributed by atoms with Gasteiger partial charge in [-0.1, -0.05) is 0 Å². The fourth-order valence-corrected chi connectivity index (χ4v) is 6.62. The zero-order valence-corrected chi connectivity index (χ0v) is 30.8. The lowest BCUT2D eigenvalue weighted by atomic mass is 9.97. The Morgan fingerprint density at radius 2 is 1.23 bits per heavy atom. The minimum absolute atomic E-state index is 0.0255. The van der Waals surface area contributed by atoms with Crippen LogP contribution in [0.25, 0.3) is 22.3 Å². The molecule has 1 aromatic heterocycles. The number of fused-ring (bicyclic) bond motifs is 1. The predicted octanol–water partition coefficient (Wildman–Crippen LogP) is -4.92. The lowest BCUT2D eigenvalue weighted by molar-refractivity contribution is -0.358. The summed E-state index contributed by atoms with van der Waals surface area (Å²) in [5.41, 5.74) is -1.52. The highest BCUT2D eigenvalue weighted by Crippen LogP contribution is 2.39. The highest BCUT2D eigenvalue weighted by atomic mass is 16.8. The number of ether oxygens (including phenoxy) is 7. The lowest BCUT2D eigenvalue weighted by Gasteiger charge is -2.45. The molecule has 3 saturated heterocycles. The van der Waals surface area contributed by atoms with E-state index in [-0.39, 0.29) is 17.1 Å². The Bertz CT molecular complexity index is 2040. The Balaban J connectivity index is 1.36. The molecule has 3 fully saturated rings. The standard InChI is InChI=1S/C36H42O24/c37-8-16-22(44)26(48)29(51)34(56-16)54-13-5-14(40)21-15(6-13)55-31(11-1-3-12(39)4-2-11)32(25(21)47)59-36-33(28(50)23(45)17(9-38)57-36)60-35-30(52)27(49)24(46)18(58-35)10-53-20(43)7-19(41)42/h1-6,16-18,22-24,26-30,33-40,44-46,48-52H,7-10H2,(H,41,42)/t16-,17-,18-,22-,23-,24-,26+,27+,28+,29-,30-,33-,34-,35+,36+/m1/s1. The summed E-state index contributed by atoms with van der Waals surface area (Å²) in [6, 6.07) is 6.88. The maximum atomic E-state index is 14.3. The number of carbonyl (C=O) groups is 2. The van der Waals surface area contributed by atoms with Gasteiger partial charge in [0, 0.05) is 17.7 Å². The second-order valence-electron chi connectivity index (χ2n) is 14.0. The van der Waals surface area contributed by atoms with Crippen molar-refractivity contribution in [1.29, 1.82) is 0 Å². The van der Waals surface area contributed by atoms with Crippen molar-refractivity contribution in [2.45, 2.75) is 98.5 Å². The second-order valence-corrected chi connectivity index (χ2v) is 14.0. The monoisotopic (exact) mass is 858 g/mol. The summed E-state index contributed by atoms with van der Waals surface area (Å²) in [4.78, 5) is 37.0. The predicted molar refractivity (Wildman–Crippen MR) is 189 cm³/mol. The molecule has 24 nitrogen and oxygen atoms in total. The van der Waals surface area contributed by atoms with E-state index in [2.05, 4.69) is 0 Å². The van der Waals surface area contributed by atoms with Gasteiger partial charge in [-0.3, -0.25) is 14.4 Å². The lowest BCUT2D eigenvalue weighted by Crippen LogP contribution is -2.65. The van der Waals surface area contributed by atoms with Crippen LogP contribution in [-0.2, 0) is 33.3 Å². The molecular formula is C36H42O24. The molecule has 2 aromatic carbocycles. The first-order chi connectivity index (χ1) is 28.4. The van der Waals surface area contributed by atoms with Crippen molar-refractivity contribution >= 4 is 22.9 Å². The Kier molecular flexibility index (Phi) is 13.8. The number of aliphatic hydroxyl groups excluding tert-OH is 10. The molecule has 3 aliphatic rings. The van der Waals surface area contributed by atoms with Gasteiger partial charge < -0.3 is 104 Å². The largest absolute Gasteiger partial charge is 0.508 e. The van der Waals surface area contributed by atoms with E-state index in [9.17, 15) is 75.7 Å². The first-order valence-electron chi connectivity index (χ1n) is 18.1. The number of carboxylic acids is 1. The van der Waals surface area contributed by atoms with Crippen molar-refractivity contribution in [3.05, 3.63) is 46.6 Å². The quantitative estimate of drug-likeness (QED) is 0.0566. The molecule has 6 rings (SSSR count). The number of hydrogen-bond donors (Lipinski definition) is 13. The summed E-state index contributed by atoms with van der Waals surface area (Å²) in [5.74, 6) is -5.39. The second kappa shape index (κ2) is 18.5. The summed E-state index contributed by atoms with van der Waals surface area (Å²) < 4.78 is 44.6. The van der Waals surface area contributed by atoms with E-state index in [1.165, 1.54) is 24.3 Å². The van der Waals surface area contributed by atoms with Crippen LogP contribution in [0.2, 0.25) is 0 Å². The van der Waals surface area contributed by atoms with Gasteiger partial charge in [-0.25, -0.2) is 0 Å². The van der Waals surface area contributed by atoms with Gasteiger partial charge in [0.2, 0.25) is 23.8 Å². The number of phenolic OH excluding ortho intramolecular Hbond substituents is 2. The molecule has 330 valence electrons. The molecule has 24 heteroatoms. The Morgan fingerprint density at radius 3 is 1.85 bits per heavy atom. The van der Waals surface area contributed by atoms with Crippen LogP contribution < -0.4 is 14.9 Å². The Labute approximate surface area is 335 Å². The topological polar surface area (TPSA) is 392 Å². The van der Waals surface area contributed by atoms with E-state index in [1.807, 2.05) is 0 Å². The average molecular weight is 859 g/mol. The van der Waals surface area contributed by atoms with Crippen LogP contribution in [0.15, 0.2) is 45.6 Å². The van der Waals surface area contributed by atoms with E-state index in [4.69, 9.17) is 42.7 Å². The van der Waals surface area contributed by atoms with Crippen molar-refractivity contribution in [2.75, 3.05) is 19.8 Å². The number of carboxylic acid groups (broad SMARTS) is 1. The summed E-state index contributed by atoms with van der Waals surface area (Å²) in [6.45, 7) is -2.58.